The molecule has 0 spiro atoms. The molecule has 1 amide bonds. The normalized spacial score (nSPS) is 13.6. The molecule has 1 aromatic carbocycles. The molecule has 0 saturated heterocycles. The van der Waals surface area contributed by atoms with Crippen LogP contribution >= 0.6 is 0 Å². The number of amides is 1. The summed E-state index contributed by atoms with van der Waals surface area (Å²) in [6.45, 7) is 1.13. The lowest BCUT2D eigenvalue weighted by molar-refractivity contribution is 0.0602. The lowest BCUT2D eigenvalue weighted by Crippen LogP contribution is -2.35. The molecule has 4 rings (SSSR count). The summed E-state index contributed by atoms with van der Waals surface area (Å²) in [5.74, 6) is -0.398. The zero-order valence-corrected chi connectivity index (χ0v) is 13.8. The van der Waals surface area contributed by atoms with Crippen LogP contribution in [0.15, 0.2) is 42.7 Å². The number of pyridine rings is 1. The molecule has 0 radical (unpaired) electrons. The highest BCUT2D eigenvalue weighted by atomic mass is 16.5. The SMILES string of the molecule is COC(=O)c1cccc2c3c([nH]c12)CCN(C(=O)c1cccnc1)C3. The average molecular weight is 335 g/mol. The number of hydrogen-bond donors (Lipinski definition) is 1. The first kappa shape index (κ1) is 15.4. The number of H-pyrrole nitrogens is 1. The molecule has 1 aliphatic heterocycles. The van der Waals surface area contributed by atoms with Crippen LogP contribution in [0.1, 0.15) is 32.0 Å². The van der Waals surface area contributed by atoms with Gasteiger partial charge in [0.1, 0.15) is 0 Å². The summed E-state index contributed by atoms with van der Waals surface area (Å²) in [6, 6.07) is 9.08. The van der Waals surface area contributed by atoms with Gasteiger partial charge in [0.25, 0.3) is 5.91 Å². The first-order valence-corrected chi connectivity index (χ1v) is 8.09. The minimum atomic E-state index is -0.368. The van der Waals surface area contributed by atoms with Gasteiger partial charge >= 0.3 is 5.97 Å². The van der Waals surface area contributed by atoms with Gasteiger partial charge in [0, 0.05) is 48.5 Å². The molecule has 126 valence electrons. The summed E-state index contributed by atoms with van der Waals surface area (Å²) in [7, 11) is 1.37. The van der Waals surface area contributed by atoms with Gasteiger partial charge in [-0.05, 0) is 18.2 Å². The maximum absolute atomic E-state index is 12.7. The van der Waals surface area contributed by atoms with Crippen molar-refractivity contribution >= 4 is 22.8 Å². The number of aromatic nitrogens is 2. The molecule has 0 bridgehead atoms. The van der Waals surface area contributed by atoms with Gasteiger partial charge in [-0.25, -0.2) is 4.79 Å². The molecule has 6 heteroatoms. The Kier molecular flexibility index (Phi) is 3.72. The van der Waals surface area contributed by atoms with E-state index in [0.717, 1.165) is 28.6 Å². The van der Waals surface area contributed by atoms with Crippen LogP contribution in [0.25, 0.3) is 10.9 Å². The van der Waals surface area contributed by atoms with Crippen LogP contribution < -0.4 is 0 Å². The molecule has 0 saturated carbocycles. The summed E-state index contributed by atoms with van der Waals surface area (Å²) in [4.78, 5) is 33.9. The van der Waals surface area contributed by atoms with Crippen molar-refractivity contribution < 1.29 is 14.3 Å². The highest BCUT2D eigenvalue weighted by Crippen LogP contribution is 2.30. The van der Waals surface area contributed by atoms with Crippen LogP contribution in [0.5, 0.6) is 0 Å². The minimum absolute atomic E-state index is 0.0303. The van der Waals surface area contributed by atoms with Gasteiger partial charge in [0.15, 0.2) is 0 Å². The molecule has 0 atom stereocenters. The van der Waals surface area contributed by atoms with Gasteiger partial charge < -0.3 is 14.6 Å². The molecular formula is C19H17N3O3. The van der Waals surface area contributed by atoms with Crippen molar-refractivity contribution in [3.05, 3.63) is 65.1 Å². The van der Waals surface area contributed by atoms with Crippen molar-refractivity contribution in [2.24, 2.45) is 0 Å². The summed E-state index contributed by atoms with van der Waals surface area (Å²) in [6.07, 6.45) is 3.96. The Hall–Kier alpha value is -3.15. The molecule has 0 aliphatic carbocycles. The molecule has 0 unspecified atom stereocenters. The van der Waals surface area contributed by atoms with E-state index in [1.807, 2.05) is 17.0 Å². The molecular weight excluding hydrogens is 318 g/mol. The van der Waals surface area contributed by atoms with Gasteiger partial charge in [-0.2, -0.15) is 0 Å². The van der Waals surface area contributed by atoms with Gasteiger partial charge in [-0.3, -0.25) is 9.78 Å². The number of nitrogens with one attached hydrogen (secondary N) is 1. The van der Waals surface area contributed by atoms with Crippen molar-refractivity contribution in [3.63, 3.8) is 0 Å². The van der Waals surface area contributed by atoms with E-state index in [1.165, 1.54) is 7.11 Å². The third kappa shape index (κ3) is 2.55. The third-order valence-electron chi connectivity index (χ3n) is 4.61. The molecule has 3 heterocycles. The molecule has 6 nitrogen and oxygen atoms in total. The third-order valence-corrected chi connectivity index (χ3v) is 4.61. The molecule has 1 N–H and O–H groups in total. The Morgan fingerprint density at radius 3 is 2.88 bits per heavy atom. The number of aromatic amines is 1. The predicted octanol–water partition coefficient (Wildman–Crippen LogP) is 2.55. The second kappa shape index (κ2) is 6.05. The maximum atomic E-state index is 12.7. The van der Waals surface area contributed by atoms with Crippen molar-refractivity contribution in [2.45, 2.75) is 13.0 Å². The Balaban J connectivity index is 1.72. The average Bonchev–Trinajstić information content (AvgIpc) is 3.05. The van der Waals surface area contributed by atoms with Crippen molar-refractivity contribution in [1.29, 1.82) is 0 Å². The van der Waals surface area contributed by atoms with E-state index in [9.17, 15) is 9.59 Å². The van der Waals surface area contributed by atoms with E-state index >= 15 is 0 Å². The molecule has 3 aromatic rings. The van der Waals surface area contributed by atoms with E-state index in [1.54, 1.807) is 30.6 Å². The van der Waals surface area contributed by atoms with Crippen molar-refractivity contribution in [3.8, 4) is 0 Å². The van der Waals surface area contributed by atoms with Crippen LogP contribution in [0.4, 0.5) is 0 Å². The summed E-state index contributed by atoms with van der Waals surface area (Å²) in [5, 5.41) is 0.960. The van der Waals surface area contributed by atoms with Gasteiger partial charge in [-0.1, -0.05) is 12.1 Å². The fraction of sp³-hybridized carbons (Fsp3) is 0.211. The summed E-state index contributed by atoms with van der Waals surface area (Å²) in [5.41, 5.74) is 4.00. The van der Waals surface area contributed by atoms with Crippen molar-refractivity contribution in [1.82, 2.24) is 14.9 Å². The zero-order chi connectivity index (χ0) is 17.4. The largest absolute Gasteiger partial charge is 0.465 e. The number of para-hydroxylation sites is 1. The quantitative estimate of drug-likeness (QED) is 0.730. The number of esters is 1. The van der Waals surface area contributed by atoms with Gasteiger partial charge in [-0.15, -0.1) is 0 Å². The van der Waals surface area contributed by atoms with E-state index in [2.05, 4.69) is 9.97 Å². The number of ether oxygens (including phenoxy) is 1. The van der Waals surface area contributed by atoms with E-state index < -0.39 is 0 Å². The van der Waals surface area contributed by atoms with Crippen LogP contribution in [0, 0.1) is 0 Å². The summed E-state index contributed by atoms with van der Waals surface area (Å²) >= 11 is 0. The number of benzene rings is 1. The first-order valence-electron chi connectivity index (χ1n) is 8.09. The lowest BCUT2D eigenvalue weighted by atomic mass is 10.0. The predicted molar refractivity (Wildman–Crippen MR) is 92.3 cm³/mol. The minimum Gasteiger partial charge on any atom is -0.465 e. The Bertz CT molecular complexity index is 963. The van der Waals surface area contributed by atoms with Gasteiger partial charge in [0.2, 0.25) is 0 Å². The number of fused-ring (bicyclic) bond motifs is 3. The first-order chi connectivity index (χ1) is 12.2. The van der Waals surface area contributed by atoms with Gasteiger partial charge in [0.05, 0.1) is 23.8 Å². The molecule has 1 aliphatic rings. The monoisotopic (exact) mass is 335 g/mol. The standard InChI is InChI=1S/C19H17N3O3/c1-25-19(24)14-6-2-5-13-15-11-22(9-7-16(15)21-17(13)14)18(23)12-4-3-8-20-10-12/h2-6,8,10,21H,7,9,11H2,1H3. The van der Waals surface area contributed by atoms with Crippen molar-refractivity contribution in [2.75, 3.05) is 13.7 Å². The fourth-order valence-electron chi connectivity index (χ4n) is 3.36. The van der Waals surface area contributed by atoms with E-state index in [0.29, 0.717) is 24.2 Å². The number of nitrogens with zero attached hydrogens (tertiary/aromatic N) is 2. The lowest BCUT2D eigenvalue weighted by Gasteiger charge is -2.27. The van der Waals surface area contributed by atoms with Crippen LogP contribution in [-0.2, 0) is 17.7 Å². The number of methoxy groups -OCH3 is 1. The zero-order valence-electron chi connectivity index (χ0n) is 13.8. The van der Waals surface area contributed by atoms with E-state index in [4.69, 9.17) is 4.74 Å². The number of rotatable bonds is 2. The fourth-order valence-corrected chi connectivity index (χ4v) is 3.36. The van der Waals surface area contributed by atoms with Crippen LogP contribution in [0.3, 0.4) is 0 Å². The number of hydrogen-bond acceptors (Lipinski definition) is 4. The second-order valence-corrected chi connectivity index (χ2v) is 6.02. The van der Waals surface area contributed by atoms with E-state index in [-0.39, 0.29) is 11.9 Å². The Labute approximate surface area is 144 Å². The van der Waals surface area contributed by atoms with Crippen LogP contribution in [-0.4, -0.2) is 40.4 Å². The molecule has 25 heavy (non-hydrogen) atoms. The second-order valence-electron chi connectivity index (χ2n) is 6.02. The Morgan fingerprint density at radius 1 is 1.24 bits per heavy atom. The highest BCUT2D eigenvalue weighted by Gasteiger charge is 2.26. The highest BCUT2D eigenvalue weighted by molar-refractivity contribution is 6.04. The van der Waals surface area contributed by atoms with Crippen LogP contribution in [0.2, 0.25) is 0 Å². The number of carbonyl (C=O) groups is 2. The molecule has 0 fully saturated rings. The molecule has 2 aromatic heterocycles. The topological polar surface area (TPSA) is 75.3 Å². The number of carbonyl (C=O) groups excluding carboxylic acids is 2. The summed E-state index contributed by atoms with van der Waals surface area (Å²) < 4.78 is 4.86. The Morgan fingerprint density at radius 2 is 2.12 bits per heavy atom. The smallest absolute Gasteiger partial charge is 0.339 e. The maximum Gasteiger partial charge on any atom is 0.339 e.